The lowest BCUT2D eigenvalue weighted by Crippen LogP contribution is -2.32. The number of pyridine rings is 1. The summed E-state index contributed by atoms with van der Waals surface area (Å²) in [6, 6.07) is 4.90. The molecule has 1 aromatic rings. The first-order valence-electron chi connectivity index (χ1n) is 7.45. The summed E-state index contributed by atoms with van der Waals surface area (Å²) in [5.41, 5.74) is -0.0214. The molecule has 0 N–H and O–H groups in total. The van der Waals surface area contributed by atoms with Crippen LogP contribution in [0.5, 0.6) is 0 Å². The van der Waals surface area contributed by atoms with Crippen molar-refractivity contribution in [1.82, 2.24) is 9.29 Å². The predicted molar refractivity (Wildman–Crippen MR) is 80.0 cm³/mol. The third kappa shape index (κ3) is 3.60. The van der Waals surface area contributed by atoms with Crippen molar-refractivity contribution in [3.63, 3.8) is 0 Å². The van der Waals surface area contributed by atoms with Gasteiger partial charge in [-0.25, -0.2) is 13.4 Å². The van der Waals surface area contributed by atoms with Crippen LogP contribution in [-0.2, 0) is 10.0 Å². The minimum absolute atomic E-state index is 0.0214. The number of nitriles is 1. The van der Waals surface area contributed by atoms with Crippen LogP contribution in [0.3, 0.4) is 0 Å². The van der Waals surface area contributed by atoms with Gasteiger partial charge in [-0.3, -0.25) is 0 Å². The Bertz CT molecular complexity index is 622. The first kappa shape index (κ1) is 15.9. The summed E-state index contributed by atoms with van der Waals surface area (Å²) >= 11 is 0. The molecule has 0 aliphatic carbocycles. The molecular weight excluding hydrogens is 286 g/mol. The maximum Gasteiger partial charge on any atom is 0.245 e. The second-order valence-corrected chi connectivity index (χ2v) is 7.36. The molecule has 0 aromatic carbocycles. The van der Waals surface area contributed by atoms with Gasteiger partial charge in [0.05, 0.1) is 0 Å². The Kier molecular flexibility index (Phi) is 5.32. The second-order valence-electron chi connectivity index (χ2n) is 5.45. The number of sulfonamides is 1. The molecule has 1 unspecified atom stereocenters. The lowest BCUT2D eigenvalue weighted by molar-refractivity contribution is 0.399. The SMILES string of the molecule is CCCC1CCCN(S(=O)(=O)c2cccnc2C#N)CC1. The maximum atomic E-state index is 12.7. The number of nitrogens with zero attached hydrogens (tertiary/aromatic N) is 3. The molecule has 0 saturated carbocycles. The quantitative estimate of drug-likeness (QED) is 0.856. The fourth-order valence-electron chi connectivity index (χ4n) is 2.90. The van der Waals surface area contributed by atoms with Crippen LogP contribution in [0.15, 0.2) is 23.2 Å². The summed E-state index contributed by atoms with van der Waals surface area (Å²) in [6.07, 6.45) is 6.60. The molecule has 5 nitrogen and oxygen atoms in total. The number of aromatic nitrogens is 1. The van der Waals surface area contributed by atoms with E-state index in [4.69, 9.17) is 5.26 Å². The Balaban J connectivity index is 2.22. The molecule has 0 spiro atoms. The summed E-state index contributed by atoms with van der Waals surface area (Å²) in [7, 11) is -3.62. The van der Waals surface area contributed by atoms with Gasteiger partial charge in [-0.05, 0) is 37.3 Å². The van der Waals surface area contributed by atoms with E-state index in [9.17, 15) is 8.42 Å². The molecule has 1 saturated heterocycles. The average Bonchev–Trinajstić information content (AvgIpc) is 2.74. The van der Waals surface area contributed by atoms with Crippen molar-refractivity contribution in [2.24, 2.45) is 5.92 Å². The van der Waals surface area contributed by atoms with Crippen LogP contribution in [-0.4, -0.2) is 30.8 Å². The molecule has 0 radical (unpaired) electrons. The zero-order valence-corrected chi connectivity index (χ0v) is 13.1. The van der Waals surface area contributed by atoms with E-state index in [0.29, 0.717) is 19.0 Å². The Morgan fingerprint density at radius 2 is 2.24 bits per heavy atom. The molecule has 0 amide bonds. The van der Waals surface area contributed by atoms with Crippen molar-refractivity contribution in [3.05, 3.63) is 24.0 Å². The third-order valence-electron chi connectivity index (χ3n) is 4.00. The number of hydrogen-bond acceptors (Lipinski definition) is 4. The highest BCUT2D eigenvalue weighted by Crippen LogP contribution is 2.26. The second kappa shape index (κ2) is 7.01. The summed E-state index contributed by atoms with van der Waals surface area (Å²) in [5, 5.41) is 9.05. The van der Waals surface area contributed by atoms with Gasteiger partial charge in [0.2, 0.25) is 10.0 Å². The third-order valence-corrected chi connectivity index (χ3v) is 5.93. The highest BCUT2D eigenvalue weighted by atomic mass is 32.2. The van der Waals surface area contributed by atoms with E-state index in [1.807, 2.05) is 6.07 Å². The molecule has 1 aliphatic heterocycles. The Morgan fingerprint density at radius 1 is 1.43 bits per heavy atom. The summed E-state index contributed by atoms with van der Waals surface area (Å²) < 4.78 is 27.0. The van der Waals surface area contributed by atoms with Gasteiger partial charge in [0.1, 0.15) is 11.0 Å². The predicted octanol–water partition coefficient (Wildman–Crippen LogP) is 2.54. The largest absolute Gasteiger partial charge is 0.245 e. The summed E-state index contributed by atoms with van der Waals surface area (Å²) in [5.74, 6) is 0.611. The molecule has 1 atom stereocenters. The molecule has 6 heteroatoms. The standard InChI is InChI=1S/C15H21N3O2S/c1-2-5-13-6-4-10-18(11-8-13)21(19,20)15-7-3-9-17-14(15)12-16/h3,7,9,13H,2,4-6,8,10-11H2,1H3. The summed E-state index contributed by atoms with van der Waals surface area (Å²) in [4.78, 5) is 3.89. The summed E-state index contributed by atoms with van der Waals surface area (Å²) in [6.45, 7) is 3.23. The molecule has 2 rings (SSSR count). The smallest absolute Gasteiger partial charge is 0.244 e. The average molecular weight is 307 g/mol. The Hall–Kier alpha value is -1.45. The number of hydrogen-bond donors (Lipinski definition) is 0. The lowest BCUT2D eigenvalue weighted by atomic mass is 9.96. The van der Waals surface area contributed by atoms with Crippen LogP contribution >= 0.6 is 0 Å². The topological polar surface area (TPSA) is 74.1 Å². The molecular formula is C15H21N3O2S. The highest BCUT2D eigenvalue weighted by Gasteiger charge is 2.29. The van der Waals surface area contributed by atoms with Gasteiger partial charge in [0, 0.05) is 19.3 Å². The van der Waals surface area contributed by atoms with E-state index in [1.165, 1.54) is 16.6 Å². The molecule has 1 fully saturated rings. The first-order chi connectivity index (χ1) is 10.1. The van der Waals surface area contributed by atoms with E-state index >= 15 is 0 Å². The molecule has 2 heterocycles. The van der Waals surface area contributed by atoms with Gasteiger partial charge in [-0.1, -0.05) is 19.8 Å². The van der Waals surface area contributed by atoms with Crippen LogP contribution in [0.25, 0.3) is 0 Å². The van der Waals surface area contributed by atoms with E-state index in [1.54, 1.807) is 6.07 Å². The van der Waals surface area contributed by atoms with Crippen LogP contribution in [0.4, 0.5) is 0 Å². The van der Waals surface area contributed by atoms with Gasteiger partial charge >= 0.3 is 0 Å². The maximum absolute atomic E-state index is 12.7. The van der Waals surface area contributed by atoms with Gasteiger partial charge in [0.15, 0.2) is 5.69 Å². The van der Waals surface area contributed by atoms with Crippen molar-refractivity contribution in [3.8, 4) is 6.07 Å². The van der Waals surface area contributed by atoms with Gasteiger partial charge in [0.25, 0.3) is 0 Å². The first-order valence-corrected chi connectivity index (χ1v) is 8.89. The van der Waals surface area contributed by atoms with E-state index < -0.39 is 10.0 Å². The van der Waals surface area contributed by atoms with Gasteiger partial charge < -0.3 is 0 Å². The molecule has 114 valence electrons. The van der Waals surface area contributed by atoms with Crippen molar-refractivity contribution in [2.75, 3.05) is 13.1 Å². The highest BCUT2D eigenvalue weighted by molar-refractivity contribution is 7.89. The van der Waals surface area contributed by atoms with Crippen LogP contribution < -0.4 is 0 Å². The minimum atomic E-state index is -3.62. The zero-order valence-electron chi connectivity index (χ0n) is 12.3. The Morgan fingerprint density at radius 3 is 2.95 bits per heavy atom. The molecule has 0 bridgehead atoms. The van der Waals surface area contributed by atoms with Crippen molar-refractivity contribution >= 4 is 10.0 Å². The molecule has 1 aromatic heterocycles. The van der Waals surface area contributed by atoms with E-state index in [-0.39, 0.29) is 10.6 Å². The fourth-order valence-corrected chi connectivity index (χ4v) is 4.48. The van der Waals surface area contributed by atoms with E-state index in [2.05, 4.69) is 11.9 Å². The van der Waals surface area contributed by atoms with Crippen LogP contribution in [0, 0.1) is 17.2 Å². The van der Waals surface area contributed by atoms with Gasteiger partial charge in [-0.15, -0.1) is 0 Å². The zero-order chi connectivity index (χ0) is 15.3. The van der Waals surface area contributed by atoms with Crippen molar-refractivity contribution < 1.29 is 8.42 Å². The van der Waals surface area contributed by atoms with E-state index in [0.717, 1.165) is 32.1 Å². The van der Waals surface area contributed by atoms with Crippen LogP contribution in [0.1, 0.15) is 44.7 Å². The molecule has 1 aliphatic rings. The monoisotopic (exact) mass is 307 g/mol. The lowest BCUT2D eigenvalue weighted by Gasteiger charge is -2.20. The minimum Gasteiger partial charge on any atom is -0.244 e. The fraction of sp³-hybridized carbons (Fsp3) is 0.600. The Labute approximate surface area is 126 Å². The number of rotatable bonds is 4. The molecule has 21 heavy (non-hydrogen) atoms. The van der Waals surface area contributed by atoms with Crippen molar-refractivity contribution in [2.45, 2.75) is 43.9 Å². The normalized spacial score (nSPS) is 20.7. The van der Waals surface area contributed by atoms with Gasteiger partial charge in [-0.2, -0.15) is 9.57 Å². The van der Waals surface area contributed by atoms with Crippen molar-refractivity contribution in [1.29, 1.82) is 5.26 Å². The van der Waals surface area contributed by atoms with Crippen LogP contribution in [0.2, 0.25) is 0 Å².